The minimum atomic E-state index is -0.715. The van der Waals surface area contributed by atoms with E-state index in [1.54, 1.807) is 25.4 Å². The van der Waals surface area contributed by atoms with Crippen molar-refractivity contribution in [2.24, 2.45) is 0 Å². The van der Waals surface area contributed by atoms with Crippen molar-refractivity contribution in [3.05, 3.63) is 47.8 Å². The van der Waals surface area contributed by atoms with Crippen molar-refractivity contribution < 1.29 is 9.50 Å². The standard InChI is InChI=1S/C12H13FN2O/c1-8(16)11-7-10(13)3-4-12(11)15-6-5-14-9(15)2/h3-8,16H,1-2H3/t8-/m0/s1. The largest absolute Gasteiger partial charge is 0.389 e. The maximum absolute atomic E-state index is 13.1. The van der Waals surface area contributed by atoms with Crippen LogP contribution in [0.1, 0.15) is 24.4 Å². The fourth-order valence-electron chi connectivity index (χ4n) is 1.71. The molecule has 0 spiro atoms. The first-order valence-electron chi connectivity index (χ1n) is 5.07. The summed E-state index contributed by atoms with van der Waals surface area (Å²) < 4.78 is 14.9. The molecule has 0 aliphatic rings. The molecule has 3 nitrogen and oxygen atoms in total. The molecule has 1 heterocycles. The molecule has 16 heavy (non-hydrogen) atoms. The molecule has 0 unspecified atom stereocenters. The summed E-state index contributed by atoms with van der Waals surface area (Å²) in [4.78, 5) is 4.10. The third kappa shape index (κ3) is 1.84. The SMILES string of the molecule is Cc1nccn1-c1ccc(F)cc1[C@H](C)O. The van der Waals surface area contributed by atoms with E-state index in [0.717, 1.165) is 11.5 Å². The quantitative estimate of drug-likeness (QED) is 0.843. The molecule has 84 valence electrons. The van der Waals surface area contributed by atoms with Crippen LogP contribution in [0.15, 0.2) is 30.6 Å². The minimum Gasteiger partial charge on any atom is -0.389 e. The van der Waals surface area contributed by atoms with Gasteiger partial charge in [-0.25, -0.2) is 9.37 Å². The molecular weight excluding hydrogens is 207 g/mol. The van der Waals surface area contributed by atoms with E-state index in [1.165, 1.54) is 12.1 Å². The van der Waals surface area contributed by atoms with Gasteiger partial charge in [-0.15, -0.1) is 0 Å². The number of aryl methyl sites for hydroxylation is 1. The molecule has 1 N–H and O–H groups in total. The molecule has 1 aromatic heterocycles. The Balaban J connectivity index is 2.61. The Bertz CT molecular complexity index is 505. The van der Waals surface area contributed by atoms with E-state index in [0.29, 0.717) is 5.56 Å². The molecule has 0 aliphatic heterocycles. The van der Waals surface area contributed by atoms with Crippen LogP contribution in [-0.2, 0) is 0 Å². The van der Waals surface area contributed by atoms with Crippen molar-refractivity contribution in [1.82, 2.24) is 9.55 Å². The lowest BCUT2D eigenvalue weighted by Gasteiger charge is -2.13. The van der Waals surface area contributed by atoms with Gasteiger partial charge in [0.2, 0.25) is 0 Å². The Kier molecular flexibility index (Phi) is 2.75. The van der Waals surface area contributed by atoms with E-state index < -0.39 is 6.10 Å². The van der Waals surface area contributed by atoms with Gasteiger partial charge in [0.15, 0.2) is 0 Å². The van der Waals surface area contributed by atoms with E-state index in [4.69, 9.17) is 0 Å². The van der Waals surface area contributed by atoms with Crippen LogP contribution in [0.5, 0.6) is 0 Å². The fourth-order valence-corrected chi connectivity index (χ4v) is 1.71. The number of hydrogen-bond acceptors (Lipinski definition) is 2. The number of nitrogens with zero attached hydrogens (tertiary/aromatic N) is 2. The zero-order valence-corrected chi connectivity index (χ0v) is 9.18. The normalized spacial score (nSPS) is 12.8. The maximum atomic E-state index is 13.1. The molecule has 2 aromatic rings. The van der Waals surface area contributed by atoms with E-state index >= 15 is 0 Å². The highest BCUT2D eigenvalue weighted by Gasteiger charge is 2.11. The number of aliphatic hydroxyl groups excluding tert-OH is 1. The number of halogens is 1. The van der Waals surface area contributed by atoms with Crippen LogP contribution >= 0.6 is 0 Å². The van der Waals surface area contributed by atoms with Gasteiger partial charge in [0.05, 0.1) is 11.8 Å². The summed E-state index contributed by atoms with van der Waals surface area (Å²) in [5, 5.41) is 9.62. The Morgan fingerprint density at radius 2 is 2.19 bits per heavy atom. The van der Waals surface area contributed by atoms with Crippen molar-refractivity contribution >= 4 is 0 Å². The number of aliphatic hydroxyl groups is 1. The van der Waals surface area contributed by atoms with Gasteiger partial charge >= 0.3 is 0 Å². The molecule has 4 heteroatoms. The van der Waals surface area contributed by atoms with Crippen LogP contribution < -0.4 is 0 Å². The van der Waals surface area contributed by atoms with Gasteiger partial charge in [0.25, 0.3) is 0 Å². The van der Waals surface area contributed by atoms with Crippen molar-refractivity contribution in [3.63, 3.8) is 0 Å². The van der Waals surface area contributed by atoms with Crippen molar-refractivity contribution in [3.8, 4) is 5.69 Å². The highest BCUT2D eigenvalue weighted by Crippen LogP contribution is 2.23. The molecule has 0 fully saturated rings. The highest BCUT2D eigenvalue weighted by atomic mass is 19.1. The number of benzene rings is 1. The third-order valence-electron chi connectivity index (χ3n) is 2.52. The number of aromatic nitrogens is 2. The molecule has 1 aromatic carbocycles. The maximum Gasteiger partial charge on any atom is 0.123 e. The molecule has 0 amide bonds. The van der Waals surface area contributed by atoms with Gasteiger partial charge in [0.1, 0.15) is 11.6 Å². The molecule has 1 atom stereocenters. The van der Waals surface area contributed by atoms with Gasteiger partial charge in [-0.1, -0.05) is 0 Å². The predicted octanol–water partition coefficient (Wildman–Crippen LogP) is 2.37. The molecule has 0 radical (unpaired) electrons. The first kappa shape index (κ1) is 10.8. The summed E-state index contributed by atoms with van der Waals surface area (Å²) in [5.74, 6) is 0.450. The number of imidazole rings is 1. The lowest BCUT2D eigenvalue weighted by molar-refractivity contribution is 0.198. The second-order valence-electron chi connectivity index (χ2n) is 3.72. The Morgan fingerprint density at radius 1 is 1.44 bits per heavy atom. The molecule has 2 rings (SSSR count). The average molecular weight is 220 g/mol. The van der Waals surface area contributed by atoms with E-state index in [1.807, 2.05) is 11.5 Å². The second-order valence-corrected chi connectivity index (χ2v) is 3.72. The topological polar surface area (TPSA) is 38.0 Å². The average Bonchev–Trinajstić information content (AvgIpc) is 2.64. The number of rotatable bonds is 2. The van der Waals surface area contributed by atoms with E-state index in [-0.39, 0.29) is 5.82 Å². The van der Waals surface area contributed by atoms with Crippen LogP contribution in [0.2, 0.25) is 0 Å². The lowest BCUT2D eigenvalue weighted by atomic mass is 10.1. The summed E-state index contributed by atoms with van der Waals surface area (Å²) >= 11 is 0. The van der Waals surface area contributed by atoms with E-state index in [9.17, 15) is 9.50 Å². The Hall–Kier alpha value is -1.68. The van der Waals surface area contributed by atoms with Crippen LogP contribution in [0.4, 0.5) is 4.39 Å². The molecule has 0 saturated carbocycles. The van der Waals surface area contributed by atoms with E-state index in [2.05, 4.69) is 4.98 Å². The Labute approximate surface area is 93.2 Å². The minimum absolute atomic E-state index is 0.350. The molecule has 0 aliphatic carbocycles. The molecular formula is C12H13FN2O. The van der Waals surface area contributed by atoms with Gasteiger partial charge in [0, 0.05) is 18.0 Å². The lowest BCUT2D eigenvalue weighted by Crippen LogP contribution is -2.04. The summed E-state index contributed by atoms with van der Waals surface area (Å²) in [7, 11) is 0. The van der Waals surface area contributed by atoms with Crippen LogP contribution in [0.25, 0.3) is 5.69 Å². The smallest absolute Gasteiger partial charge is 0.123 e. The van der Waals surface area contributed by atoms with Crippen molar-refractivity contribution in [1.29, 1.82) is 0 Å². The first-order valence-corrected chi connectivity index (χ1v) is 5.07. The fraction of sp³-hybridized carbons (Fsp3) is 0.250. The first-order chi connectivity index (χ1) is 7.59. The zero-order valence-electron chi connectivity index (χ0n) is 9.18. The van der Waals surface area contributed by atoms with Crippen molar-refractivity contribution in [2.45, 2.75) is 20.0 Å². The van der Waals surface area contributed by atoms with Gasteiger partial charge in [-0.3, -0.25) is 0 Å². The van der Waals surface area contributed by atoms with Crippen LogP contribution in [0.3, 0.4) is 0 Å². The predicted molar refractivity (Wildman–Crippen MR) is 58.9 cm³/mol. The summed E-state index contributed by atoms with van der Waals surface area (Å²) in [6.07, 6.45) is 2.74. The van der Waals surface area contributed by atoms with Gasteiger partial charge in [-0.05, 0) is 32.0 Å². The molecule has 0 bridgehead atoms. The third-order valence-corrected chi connectivity index (χ3v) is 2.52. The molecule has 0 saturated heterocycles. The second kappa shape index (κ2) is 4.06. The van der Waals surface area contributed by atoms with Crippen LogP contribution in [-0.4, -0.2) is 14.7 Å². The van der Waals surface area contributed by atoms with Crippen LogP contribution in [0, 0.1) is 12.7 Å². The summed E-state index contributed by atoms with van der Waals surface area (Å²) in [6.45, 7) is 3.47. The van der Waals surface area contributed by atoms with Gasteiger partial charge < -0.3 is 9.67 Å². The zero-order chi connectivity index (χ0) is 11.7. The highest BCUT2D eigenvalue weighted by molar-refractivity contribution is 5.43. The Morgan fingerprint density at radius 3 is 2.75 bits per heavy atom. The number of hydrogen-bond donors (Lipinski definition) is 1. The van der Waals surface area contributed by atoms with Crippen molar-refractivity contribution in [2.75, 3.05) is 0 Å². The summed E-state index contributed by atoms with van der Waals surface area (Å²) in [6, 6.07) is 4.37. The summed E-state index contributed by atoms with van der Waals surface area (Å²) in [5.41, 5.74) is 1.31. The monoisotopic (exact) mass is 220 g/mol. The van der Waals surface area contributed by atoms with Gasteiger partial charge in [-0.2, -0.15) is 0 Å².